The summed E-state index contributed by atoms with van der Waals surface area (Å²) in [5, 5.41) is 1.88. The first kappa shape index (κ1) is 20.3. The molecule has 6 nitrogen and oxygen atoms in total. The highest BCUT2D eigenvalue weighted by atomic mass is 35.5. The first-order valence-corrected chi connectivity index (χ1v) is 11.7. The summed E-state index contributed by atoms with van der Waals surface area (Å²) in [4.78, 5) is 21.4. The zero-order valence-electron chi connectivity index (χ0n) is 18.1. The molecule has 31 heavy (non-hydrogen) atoms. The molecule has 0 saturated carbocycles. The number of aryl methyl sites for hydroxylation is 1. The highest BCUT2D eigenvalue weighted by molar-refractivity contribution is 6.31. The van der Waals surface area contributed by atoms with Crippen LogP contribution in [0.5, 0.6) is 0 Å². The minimum absolute atomic E-state index is 0.723. The smallest absolute Gasteiger partial charge is 0.227 e. The maximum absolute atomic E-state index is 6.16. The number of hydrogen-bond donors (Lipinski definition) is 0. The molecule has 1 aromatic carbocycles. The lowest BCUT2D eigenvalue weighted by Crippen LogP contribution is -2.47. The number of benzene rings is 1. The van der Waals surface area contributed by atoms with Crippen LogP contribution in [0.2, 0.25) is 5.02 Å². The molecule has 2 fully saturated rings. The quantitative estimate of drug-likeness (QED) is 0.593. The van der Waals surface area contributed by atoms with Crippen molar-refractivity contribution in [2.75, 3.05) is 54.0 Å². The molecule has 0 radical (unpaired) electrons. The average molecular weight is 437 g/mol. The Bertz CT molecular complexity index is 1060. The van der Waals surface area contributed by atoms with Gasteiger partial charge in [0.1, 0.15) is 5.82 Å². The van der Waals surface area contributed by atoms with Crippen LogP contribution in [0.3, 0.4) is 0 Å². The Morgan fingerprint density at radius 2 is 1.52 bits per heavy atom. The first-order chi connectivity index (χ1) is 15.2. The van der Waals surface area contributed by atoms with Crippen LogP contribution in [0.15, 0.2) is 36.5 Å². The van der Waals surface area contributed by atoms with Gasteiger partial charge >= 0.3 is 0 Å². The fraction of sp³-hybridized carbons (Fsp3) is 0.458. The largest absolute Gasteiger partial charge is 0.367 e. The molecule has 0 spiro atoms. The number of aromatic nitrogens is 3. The normalized spacial score (nSPS) is 17.8. The van der Waals surface area contributed by atoms with Crippen LogP contribution in [0, 0.1) is 6.92 Å². The van der Waals surface area contributed by atoms with E-state index in [0.717, 1.165) is 72.7 Å². The minimum Gasteiger partial charge on any atom is -0.367 e. The number of pyridine rings is 1. The number of rotatable bonds is 3. The Hall–Kier alpha value is -2.60. The Morgan fingerprint density at radius 3 is 2.29 bits per heavy atom. The van der Waals surface area contributed by atoms with E-state index < -0.39 is 0 Å². The van der Waals surface area contributed by atoms with Gasteiger partial charge in [-0.05, 0) is 44.0 Å². The van der Waals surface area contributed by atoms with Crippen LogP contribution in [-0.2, 0) is 0 Å². The number of anilines is 3. The second kappa shape index (κ2) is 8.87. The number of nitrogens with zero attached hydrogens (tertiary/aromatic N) is 6. The van der Waals surface area contributed by atoms with Gasteiger partial charge in [0.05, 0.1) is 5.52 Å². The van der Waals surface area contributed by atoms with Crippen LogP contribution < -0.4 is 14.7 Å². The summed E-state index contributed by atoms with van der Waals surface area (Å²) in [6, 6.07) is 10.2. The maximum Gasteiger partial charge on any atom is 0.227 e. The van der Waals surface area contributed by atoms with E-state index in [1.54, 1.807) is 0 Å². The molecule has 0 bridgehead atoms. The van der Waals surface area contributed by atoms with Crippen molar-refractivity contribution in [2.45, 2.75) is 32.6 Å². The Balaban J connectivity index is 1.33. The van der Waals surface area contributed by atoms with Crippen molar-refractivity contribution in [2.24, 2.45) is 0 Å². The standard InChI is InChI=1S/C24H29ClN6/c1-18-16-23(28-24(27-18)31-10-4-2-3-5-11-31)30-14-12-29(13-15-30)22-8-9-26-21-17-19(25)6-7-20(21)22/h6-9,16-17H,2-5,10-15H2,1H3. The third kappa shape index (κ3) is 4.40. The van der Waals surface area contributed by atoms with Gasteiger partial charge in [-0.2, -0.15) is 4.98 Å². The SMILES string of the molecule is Cc1cc(N2CCN(c3ccnc4cc(Cl)ccc34)CC2)nc(N2CCCCCC2)n1. The predicted octanol–water partition coefficient (Wildman–Crippen LogP) is 4.69. The number of fused-ring (bicyclic) bond motifs is 1. The summed E-state index contributed by atoms with van der Waals surface area (Å²) in [6.07, 6.45) is 6.97. The molecule has 2 aliphatic rings. The van der Waals surface area contributed by atoms with Gasteiger partial charge in [-0.25, -0.2) is 4.98 Å². The third-order valence-corrected chi connectivity index (χ3v) is 6.58. The van der Waals surface area contributed by atoms with Crippen molar-refractivity contribution in [3.8, 4) is 0 Å². The lowest BCUT2D eigenvalue weighted by molar-refractivity contribution is 0.646. The van der Waals surface area contributed by atoms with Gasteiger partial charge in [0.2, 0.25) is 5.95 Å². The van der Waals surface area contributed by atoms with Crippen LogP contribution in [-0.4, -0.2) is 54.2 Å². The number of piperazine rings is 1. The zero-order chi connectivity index (χ0) is 21.2. The lowest BCUT2D eigenvalue weighted by Gasteiger charge is -2.37. The second-order valence-corrected chi connectivity index (χ2v) is 8.97. The predicted molar refractivity (Wildman–Crippen MR) is 129 cm³/mol. The van der Waals surface area contributed by atoms with E-state index in [9.17, 15) is 0 Å². The van der Waals surface area contributed by atoms with E-state index in [-0.39, 0.29) is 0 Å². The molecule has 2 aliphatic heterocycles. The molecular formula is C24H29ClN6. The van der Waals surface area contributed by atoms with Crippen molar-refractivity contribution in [1.82, 2.24) is 15.0 Å². The summed E-state index contributed by atoms with van der Waals surface area (Å²) in [6.45, 7) is 7.98. The lowest BCUT2D eigenvalue weighted by atomic mass is 10.1. The van der Waals surface area contributed by atoms with E-state index in [4.69, 9.17) is 21.6 Å². The molecule has 0 unspecified atom stereocenters. The molecule has 2 saturated heterocycles. The molecule has 0 N–H and O–H groups in total. The maximum atomic E-state index is 6.16. The number of halogens is 1. The molecule has 0 atom stereocenters. The van der Waals surface area contributed by atoms with Crippen molar-refractivity contribution in [1.29, 1.82) is 0 Å². The highest BCUT2D eigenvalue weighted by Gasteiger charge is 2.22. The molecule has 162 valence electrons. The third-order valence-electron chi connectivity index (χ3n) is 6.34. The zero-order valence-corrected chi connectivity index (χ0v) is 18.9. The monoisotopic (exact) mass is 436 g/mol. The Kier molecular flexibility index (Phi) is 5.81. The van der Waals surface area contributed by atoms with Gasteiger partial charge in [-0.15, -0.1) is 0 Å². The van der Waals surface area contributed by atoms with Crippen molar-refractivity contribution in [3.63, 3.8) is 0 Å². The topological polar surface area (TPSA) is 48.4 Å². The molecular weight excluding hydrogens is 408 g/mol. The van der Waals surface area contributed by atoms with Gasteiger partial charge in [0.25, 0.3) is 0 Å². The van der Waals surface area contributed by atoms with Gasteiger partial charge in [0.15, 0.2) is 0 Å². The molecule has 0 aliphatic carbocycles. The molecule has 5 rings (SSSR count). The van der Waals surface area contributed by atoms with Crippen LogP contribution in [0.4, 0.5) is 17.5 Å². The fourth-order valence-corrected chi connectivity index (χ4v) is 4.84. The fourth-order valence-electron chi connectivity index (χ4n) is 4.67. The summed E-state index contributed by atoms with van der Waals surface area (Å²) >= 11 is 6.16. The van der Waals surface area contributed by atoms with Gasteiger partial charge in [-0.3, -0.25) is 4.98 Å². The number of hydrogen-bond acceptors (Lipinski definition) is 6. The van der Waals surface area contributed by atoms with E-state index >= 15 is 0 Å². The molecule has 0 amide bonds. The van der Waals surface area contributed by atoms with Crippen molar-refractivity contribution < 1.29 is 0 Å². The van der Waals surface area contributed by atoms with E-state index in [2.05, 4.69) is 44.8 Å². The molecule has 7 heteroatoms. The van der Waals surface area contributed by atoms with Crippen LogP contribution in [0.1, 0.15) is 31.4 Å². The Morgan fingerprint density at radius 1 is 0.774 bits per heavy atom. The van der Waals surface area contributed by atoms with E-state index in [1.165, 1.54) is 31.4 Å². The molecule has 4 heterocycles. The summed E-state index contributed by atoms with van der Waals surface area (Å²) in [7, 11) is 0. The summed E-state index contributed by atoms with van der Waals surface area (Å²) in [5.41, 5.74) is 3.22. The summed E-state index contributed by atoms with van der Waals surface area (Å²) < 4.78 is 0. The van der Waals surface area contributed by atoms with E-state index in [0.29, 0.717) is 0 Å². The molecule has 2 aromatic heterocycles. The Labute approximate surface area is 188 Å². The average Bonchev–Trinajstić information content (AvgIpc) is 3.08. The first-order valence-electron chi connectivity index (χ1n) is 11.3. The minimum atomic E-state index is 0.723. The molecule has 3 aromatic rings. The highest BCUT2D eigenvalue weighted by Crippen LogP contribution is 2.29. The summed E-state index contributed by atoms with van der Waals surface area (Å²) in [5.74, 6) is 1.95. The van der Waals surface area contributed by atoms with Crippen LogP contribution in [0.25, 0.3) is 10.9 Å². The van der Waals surface area contributed by atoms with Gasteiger partial charge in [-0.1, -0.05) is 24.4 Å². The second-order valence-electron chi connectivity index (χ2n) is 8.53. The van der Waals surface area contributed by atoms with Crippen molar-refractivity contribution in [3.05, 3.63) is 47.2 Å². The van der Waals surface area contributed by atoms with Gasteiger partial charge in [0, 0.05) is 73.3 Å². The van der Waals surface area contributed by atoms with E-state index in [1.807, 2.05) is 18.3 Å². The van der Waals surface area contributed by atoms with Gasteiger partial charge < -0.3 is 14.7 Å². The van der Waals surface area contributed by atoms with Crippen LogP contribution >= 0.6 is 11.6 Å². The van der Waals surface area contributed by atoms with Crippen molar-refractivity contribution >= 4 is 40.0 Å².